The Balaban J connectivity index is 2.10. The van der Waals surface area contributed by atoms with Crippen LogP contribution < -0.4 is 11.1 Å². The molecule has 1 aromatic heterocycles. The van der Waals surface area contributed by atoms with Gasteiger partial charge in [0.2, 0.25) is 5.91 Å². The highest BCUT2D eigenvalue weighted by Gasteiger charge is 2.28. The molecule has 0 spiro atoms. The molecule has 0 aromatic carbocycles. The van der Waals surface area contributed by atoms with Gasteiger partial charge in [0.15, 0.2) is 0 Å². The Morgan fingerprint density at radius 3 is 3.11 bits per heavy atom. The first-order valence-corrected chi connectivity index (χ1v) is 6.48. The molecule has 2 unspecified atom stereocenters. The number of nitrogens with two attached hydrogens (primary N) is 1. The van der Waals surface area contributed by atoms with Crippen LogP contribution in [0.2, 0.25) is 0 Å². The van der Waals surface area contributed by atoms with Gasteiger partial charge in [0, 0.05) is 38.4 Å². The van der Waals surface area contributed by atoms with Crippen molar-refractivity contribution in [3.63, 3.8) is 0 Å². The fraction of sp³-hybridized carbons (Fsp3) is 0.538. The summed E-state index contributed by atoms with van der Waals surface area (Å²) in [6.45, 7) is 2.94. The number of rotatable bonds is 5. The summed E-state index contributed by atoms with van der Waals surface area (Å²) in [4.78, 5) is 18.0. The van der Waals surface area contributed by atoms with Gasteiger partial charge in [0.25, 0.3) is 0 Å². The zero-order chi connectivity index (χ0) is 13.7. The predicted molar refractivity (Wildman–Crippen MR) is 71.5 cm³/mol. The number of piperazine rings is 1. The molecule has 0 aliphatic carbocycles. The lowest BCUT2D eigenvalue weighted by Gasteiger charge is -2.36. The molecule has 2 rings (SSSR count). The third-order valence-corrected chi connectivity index (χ3v) is 3.49. The monoisotopic (exact) mass is 264 g/mol. The molecule has 1 aliphatic rings. The summed E-state index contributed by atoms with van der Waals surface area (Å²) in [6.07, 6.45) is 1.66. The summed E-state index contributed by atoms with van der Waals surface area (Å²) in [5, 5.41) is 12.6. The van der Waals surface area contributed by atoms with Gasteiger partial charge in [-0.1, -0.05) is 6.07 Å². The fourth-order valence-electron chi connectivity index (χ4n) is 2.37. The number of pyridine rings is 1. The quantitative estimate of drug-likeness (QED) is 0.629. The summed E-state index contributed by atoms with van der Waals surface area (Å²) in [5.74, 6) is -0.817. The molecule has 4 N–H and O–H groups in total. The molecule has 0 saturated carbocycles. The number of carbonyl (C=O) groups excluding carboxylic acids is 1. The molecule has 2 atom stereocenters. The largest absolute Gasteiger partial charge is 0.395 e. The number of aromatic nitrogens is 1. The van der Waals surface area contributed by atoms with E-state index in [1.165, 1.54) is 0 Å². The topological polar surface area (TPSA) is 91.5 Å². The Labute approximate surface area is 112 Å². The molecule has 1 fully saturated rings. The minimum absolute atomic E-state index is 0.0271. The summed E-state index contributed by atoms with van der Waals surface area (Å²) < 4.78 is 0. The van der Waals surface area contributed by atoms with Gasteiger partial charge in [-0.2, -0.15) is 0 Å². The van der Waals surface area contributed by atoms with Crippen LogP contribution in [0.4, 0.5) is 0 Å². The van der Waals surface area contributed by atoms with E-state index in [0.717, 1.165) is 19.6 Å². The van der Waals surface area contributed by atoms with Crippen molar-refractivity contribution in [2.75, 3.05) is 32.8 Å². The molecule has 2 heterocycles. The highest BCUT2D eigenvalue weighted by atomic mass is 16.3. The lowest BCUT2D eigenvalue weighted by atomic mass is 10.0. The molecule has 1 saturated heterocycles. The average Bonchev–Trinajstić information content (AvgIpc) is 2.45. The first-order chi connectivity index (χ1) is 9.22. The summed E-state index contributed by atoms with van der Waals surface area (Å²) in [5.41, 5.74) is 6.17. The van der Waals surface area contributed by atoms with E-state index in [2.05, 4.69) is 15.2 Å². The van der Waals surface area contributed by atoms with Crippen LogP contribution in [0.15, 0.2) is 24.4 Å². The summed E-state index contributed by atoms with van der Waals surface area (Å²) in [6, 6.07) is 5.49. The van der Waals surface area contributed by atoms with E-state index >= 15 is 0 Å². The SMILES string of the molecule is NC(=O)C(CN1CCNCC1CO)c1ccccn1. The Hall–Kier alpha value is -1.50. The van der Waals surface area contributed by atoms with Crippen molar-refractivity contribution < 1.29 is 9.90 Å². The lowest BCUT2D eigenvalue weighted by Crippen LogP contribution is -2.54. The molecule has 6 nitrogen and oxygen atoms in total. The van der Waals surface area contributed by atoms with Crippen LogP contribution in [0, 0.1) is 0 Å². The van der Waals surface area contributed by atoms with Crippen LogP contribution >= 0.6 is 0 Å². The Kier molecular flexibility index (Phi) is 4.84. The smallest absolute Gasteiger partial charge is 0.227 e. The highest BCUT2D eigenvalue weighted by Crippen LogP contribution is 2.16. The van der Waals surface area contributed by atoms with Gasteiger partial charge >= 0.3 is 0 Å². The second-order valence-electron chi connectivity index (χ2n) is 4.75. The Bertz CT molecular complexity index is 412. The van der Waals surface area contributed by atoms with E-state index in [1.807, 2.05) is 18.2 Å². The zero-order valence-electron chi connectivity index (χ0n) is 10.8. The maximum atomic E-state index is 11.6. The number of primary amides is 1. The van der Waals surface area contributed by atoms with Crippen molar-refractivity contribution in [3.05, 3.63) is 30.1 Å². The predicted octanol–water partition coefficient (Wildman–Crippen LogP) is -1.08. The van der Waals surface area contributed by atoms with Crippen molar-refractivity contribution in [1.29, 1.82) is 0 Å². The molecule has 1 aliphatic heterocycles. The Morgan fingerprint density at radius 1 is 1.63 bits per heavy atom. The van der Waals surface area contributed by atoms with E-state index in [9.17, 15) is 9.90 Å². The number of nitrogens with zero attached hydrogens (tertiary/aromatic N) is 2. The van der Waals surface area contributed by atoms with Crippen LogP contribution in [0.5, 0.6) is 0 Å². The molecular formula is C13H20N4O2. The normalized spacial score (nSPS) is 22.1. The first kappa shape index (κ1) is 13.9. The van der Waals surface area contributed by atoms with Gasteiger partial charge in [-0.05, 0) is 12.1 Å². The molecule has 19 heavy (non-hydrogen) atoms. The number of aliphatic hydroxyl groups is 1. The molecule has 6 heteroatoms. The van der Waals surface area contributed by atoms with Gasteiger partial charge < -0.3 is 16.2 Å². The highest BCUT2D eigenvalue weighted by molar-refractivity contribution is 5.81. The maximum Gasteiger partial charge on any atom is 0.227 e. The minimum atomic E-state index is -0.437. The van der Waals surface area contributed by atoms with E-state index < -0.39 is 5.92 Å². The number of carbonyl (C=O) groups is 1. The van der Waals surface area contributed by atoms with E-state index in [-0.39, 0.29) is 18.6 Å². The van der Waals surface area contributed by atoms with Crippen LogP contribution in [0.25, 0.3) is 0 Å². The molecule has 0 radical (unpaired) electrons. The molecule has 1 amide bonds. The van der Waals surface area contributed by atoms with Gasteiger partial charge in [0.05, 0.1) is 18.2 Å². The van der Waals surface area contributed by atoms with Crippen molar-refractivity contribution in [2.45, 2.75) is 12.0 Å². The third kappa shape index (κ3) is 3.50. The Morgan fingerprint density at radius 2 is 2.47 bits per heavy atom. The van der Waals surface area contributed by atoms with Gasteiger partial charge in [-0.15, -0.1) is 0 Å². The summed E-state index contributed by atoms with van der Waals surface area (Å²) in [7, 11) is 0. The van der Waals surface area contributed by atoms with Gasteiger partial charge in [-0.3, -0.25) is 14.7 Å². The molecule has 1 aromatic rings. The molecule has 104 valence electrons. The van der Waals surface area contributed by atoms with Crippen molar-refractivity contribution >= 4 is 5.91 Å². The maximum absolute atomic E-state index is 11.6. The first-order valence-electron chi connectivity index (χ1n) is 6.48. The standard InChI is InChI=1S/C13H20N4O2/c14-13(19)11(12-3-1-2-4-16-12)8-17-6-5-15-7-10(17)9-18/h1-4,10-11,15,18H,5-9H2,(H2,14,19). The second-order valence-corrected chi connectivity index (χ2v) is 4.75. The number of aliphatic hydroxyl groups excluding tert-OH is 1. The zero-order valence-corrected chi connectivity index (χ0v) is 10.8. The number of hydrogen-bond acceptors (Lipinski definition) is 5. The van der Waals surface area contributed by atoms with Crippen LogP contribution in [-0.4, -0.2) is 59.7 Å². The molecule has 0 bridgehead atoms. The van der Waals surface area contributed by atoms with Crippen LogP contribution in [0.1, 0.15) is 11.6 Å². The third-order valence-electron chi connectivity index (χ3n) is 3.49. The second kappa shape index (κ2) is 6.60. The van der Waals surface area contributed by atoms with Crippen molar-refractivity contribution in [1.82, 2.24) is 15.2 Å². The number of hydrogen-bond donors (Lipinski definition) is 3. The lowest BCUT2D eigenvalue weighted by molar-refractivity contribution is -0.120. The van der Waals surface area contributed by atoms with Gasteiger partial charge in [-0.25, -0.2) is 0 Å². The van der Waals surface area contributed by atoms with Crippen LogP contribution in [0.3, 0.4) is 0 Å². The van der Waals surface area contributed by atoms with E-state index in [1.54, 1.807) is 6.20 Å². The van der Waals surface area contributed by atoms with E-state index in [0.29, 0.717) is 12.2 Å². The van der Waals surface area contributed by atoms with Crippen molar-refractivity contribution in [2.24, 2.45) is 5.73 Å². The number of amides is 1. The average molecular weight is 264 g/mol. The fourth-order valence-corrected chi connectivity index (χ4v) is 2.37. The molecular weight excluding hydrogens is 244 g/mol. The summed E-state index contributed by atoms with van der Waals surface area (Å²) >= 11 is 0. The minimum Gasteiger partial charge on any atom is -0.395 e. The van der Waals surface area contributed by atoms with Crippen molar-refractivity contribution in [3.8, 4) is 0 Å². The van der Waals surface area contributed by atoms with Gasteiger partial charge in [0.1, 0.15) is 0 Å². The van der Waals surface area contributed by atoms with Crippen LogP contribution in [-0.2, 0) is 4.79 Å². The van der Waals surface area contributed by atoms with E-state index in [4.69, 9.17) is 5.73 Å². The number of nitrogens with one attached hydrogen (secondary N) is 1.